The summed E-state index contributed by atoms with van der Waals surface area (Å²) in [5.41, 5.74) is 0. The van der Waals surface area contributed by atoms with Crippen molar-refractivity contribution in [3.05, 3.63) is 0 Å². The van der Waals surface area contributed by atoms with Gasteiger partial charge in [0.2, 0.25) is 0 Å². The Morgan fingerprint density at radius 3 is 1.86 bits per heavy atom. The van der Waals surface area contributed by atoms with E-state index in [1.807, 2.05) is 0 Å². The van der Waals surface area contributed by atoms with Crippen LogP contribution >= 0.6 is 0 Å². The van der Waals surface area contributed by atoms with E-state index in [1.165, 1.54) is 0 Å². The first-order valence-electron chi connectivity index (χ1n) is 4.19. The highest BCUT2D eigenvalue weighted by Crippen LogP contribution is 2.08. The van der Waals surface area contributed by atoms with Gasteiger partial charge in [0.25, 0.3) is 0 Å². The molecule has 0 N–H and O–H groups in total. The van der Waals surface area contributed by atoms with Gasteiger partial charge in [-0.05, 0) is 18.2 Å². The summed E-state index contributed by atoms with van der Waals surface area (Å²) in [7, 11) is 0. The van der Waals surface area contributed by atoms with Gasteiger partial charge in [0.05, 0.1) is 0 Å². The maximum absolute atomic E-state index is 7.51. The standard InChI is InChI=1S/C7H16/c1-6(2)5-7(3)4/h6-7H,5H2,1-4H3/i5D2,6D. The van der Waals surface area contributed by atoms with Gasteiger partial charge in [-0.3, -0.25) is 0 Å². The molecule has 0 bridgehead atoms. The summed E-state index contributed by atoms with van der Waals surface area (Å²) in [6, 6.07) is 0. The molecule has 0 heterocycles. The fourth-order valence-electron chi connectivity index (χ4n) is 0.577. The highest BCUT2D eigenvalue weighted by molar-refractivity contribution is 4.47. The van der Waals surface area contributed by atoms with Gasteiger partial charge < -0.3 is 0 Å². The number of hydrogen-bond donors (Lipinski definition) is 0. The minimum Gasteiger partial charge on any atom is -0.0628 e. The van der Waals surface area contributed by atoms with Crippen molar-refractivity contribution in [2.45, 2.75) is 34.1 Å². The van der Waals surface area contributed by atoms with Crippen molar-refractivity contribution in [1.82, 2.24) is 0 Å². The van der Waals surface area contributed by atoms with Gasteiger partial charge in [0, 0.05) is 4.11 Å². The summed E-state index contributed by atoms with van der Waals surface area (Å²) >= 11 is 0. The lowest BCUT2D eigenvalue weighted by Crippen LogP contribution is -1.93. The third-order valence-electron chi connectivity index (χ3n) is 0.577. The van der Waals surface area contributed by atoms with Crippen molar-refractivity contribution in [2.75, 3.05) is 0 Å². The first-order valence-corrected chi connectivity index (χ1v) is 2.69. The topological polar surface area (TPSA) is 0 Å². The molecule has 0 aliphatic carbocycles. The molecule has 0 radical (unpaired) electrons. The van der Waals surface area contributed by atoms with Crippen LogP contribution in [-0.2, 0) is 0 Å². The summed E-state index contributed by atoms with van der Waals surface area (Å²) in [6.07, 6.45) is -1.40. The molecule has 0 aliphatic rings. The first kappa shape index (κ1) is 3.11. The van der Waals surface area contributed by atoms with Crippen LogP contribution in [0.5, 0.6) is 0 Å². The second kappa shape index (κ2) is 3.06. The molecule has 0 unspecified atom stereocenters. The van der Waals surface area contributed by atoms with Gasteiger partial charge in [-0.1, -0.05) is 27.7 Å². The molecule has 0 aliphatic heterocycles. The van der Waals surface area contributed by atoms with E-state index in [0.717, 1.165) is 0 Å². The zero-order valence-corrected chi connectivity index (χ0v) is 5.58. The molecular weight excluding hydrogens is 84.1 g/mol. The lowest BCUT2D eigenvalue weighted by molar-refractivity contribution is 0.469. The van der Waals surface area contributed by atoms with Gasteiger partial charge in [0.15, 0.2) is 0 Å². The quantitative estimate of drug-likeness (QED) is 0.504. The molecule has 0 aromatic carbocycles. The lowest BCUT2D eigenvalue weighted by Gasteiger charge is -2.05. The van der Waals surface area contributed by atoms with Gasteiger partial charge in [0.1, 0.15) is 0 Å². The molecule has 0 nitrogen and oxygen atoms in total. The van der Waals surface area contributed by atoms with E-state index in [2.05, 4.69) is 0 Å². The molecule has 0 saturated heterocycles. The molecule has 0 atom stereocenters. The van der Waals surface area contributed by atoms with Crippen LogP contribution in [0.2, 0.25) is 0 Å². The second-order valence-corrected chi connectivity index (χ2v) is 2.30. The van der Waals surface area contributed by atoms with E-state index >= 15 is 0 Å². The average molecular weight is 103 g/mol. The Bertz CT molecular complexity index is 111. The van der Waals surface area contributed by atoms with E-state index in [0.29, 0.717) is 0 Å². The Morgan fingerprint density at radius 2 is 1.86 bits per heavy atom. The normalized spacial score (nSPS) is 21.0. The van der Waals surface area contributed by atoms with Crippen molar-refractivity contribution in [3.8, 4) is 0 Å². The van der Waals surface area contributed by atoms with E-state index in [9.17, 15) is 0 Å². The molecule has 0 aromatic heterocycles. The number of rotatable bonds is 2. The Labute approximate surface area is 51.1 Å². The van der Waals surface area contributed by atoms with Gasteiger partial charge in [-0.25, -0.2) is 0 Å². The van der Waals surface area contributed by atoms with Crippen LogP contribution in [0, 0.1) is 11.8 Å². The van der Waals surface area contributed by atoms with E-state index in [4.69, 9.17) is 4.11 Å². The van der Waals surface area contributed by atoms with E-state index in [-0.39, 0.29) is 5.92 Å². The zero-order valence-electron chi connectivity index (χ0n) is 8.58. The number of hydrogen-bond acceptors (Lipinski definition) is 0. The fraction of sp³-hybridized carbons (Fsp3) is 1.00. The van der Waals surface area contributed by atoms with Gasteiger partial charge >= 0.3 is 0 Å². The predicted molar refractivity (Wildman–Crippen MR) is 34.3 cm³/mol. The monoisotopic (exact) mass is 103 g/mol. The minimum absolute atomic E-state index is 0.0972. The summed E-state index contributed by atoms with van der Waals surface area (Å²) in [6.45, 7) is 6.81. The van der Waals surface area contributed by atoms with Crippen LogP contribution < -0.4 is 0 Å². The minimum atomic E-state index is -1.40. The van der Waals surface area contributed by atoms with Crippen LogP contribution in [0.4, 0.5) is 0 Å². The third-order valence-corrected chi connectivity index (χ3v) is 0.577. The maximum Gasteiger partial charge on any atom is 0.0297 e. The molecule has 44 valence electrons. The van der Waals surface area contributed by atoms with Crippen LogP contribution in [0.1, 0.15) is 38.2 Å². The smallest absolute Gasteiger partial charge is 0.0297 e. The van der Waals surface area contributed by atoms with Gasteiger partial charge in [-0.15, -0.1) is 0 Å². The van der Waals surface area contributed by atoms with Gasteiger partial charge in [-0.2, -0.15) is 0 Å². The Morgan fingerprint density at radius 1 is 1.43 bits per heavy atom. The largest absolute Gasteiger partial charge is 0.0628 e. The zero-order chi connectivity index (χ0) is 8.58. The molecular formula is C7H16. The van der Waals surface area contributed by atoms with E-state index < -0.39 is 12.3 Å². The molecule has 0 aromatic rings. The average Bonchev–Trinajstić information content (AvgIpc) is 1.62. The van der Waals surface area contributed by atoms with Crippen molar-refractivity contribution >= 4 is 0 Å². The van der Waals surface area contributed by atoms with Crippen LogP contribution in [0.25, 0.3) is 0 Å². The summed E-state index contributed by atoms with van der Waals surface area (Å²) in [4.78, 5) is 0. The Kier molecular flexibility index (Phi) is 1.36. The highest BCUT2D eigenvalue weighted by Gasteiger charge is 1.95. The molecule has 0 rings (SSSR count). The second-order valence-electron chi connectivity index (χ2n) is 2.30. The Hall–Kier alpha value is 0. The van der Waals surface area contributed by atoms with Crippen LogP contribution in [-0.4, -0.2) is 0 Å². The summed E-state index contributed by atoms with van der Waals surface area (Å²) < 4.78 is 22.5. The molecule has 0 amide bonds. The molecule has 0 fully saturated rings. The summed E-state index contributed by atoms with van der Waals surface area (Å²) in [5.74, 6) is -1.10. The van der Waals surface area contributed by atoms with Crippen LogP contribution in [0.15, 0.2) is 0 Å². The molecule has 0 spiro atoms. The van der Waals surface area contributed by atoms with Crippen molar-refractivity contribution in [1.29, 1.82) is 0 Å². The molecule has 7 heavy (non-hydrogen) atoms. The first-order chi connectivity index (χ1) is 4.19. The molecule has 0 heteroatoms. The van der Waals surface area contributed by atoms with Crippen molar-refractivity contribution < 1.29 is 4.11 Å². The van der Waals surface area contributed by atoms with Crippen molar-refractivity contribution in [2.24, 2.45) is 11.8 Å². The third kappa shape index (κ3) is 6.00. The fourth-order valence-corrected chi connectivity index (χ4v) is 0.577. The predicted octanol–water partition coefficient (Wildman–Crippen LogP) is 2.69. The Balaban J connectivity index is 4.40. The SMILES string of the molecule is [2H]C(C)(C)C([2H])([2H])C(C)C. The summed E-state index contributed by atoms with van der Waals surface area (Å²) in [5, 5.41) is 0. The van der Waals surface area contributed by atoms with E-state index in [1.54, 1.807) is 27.7 Å². The van der Waals surface area contributed by atoms with Crippen LogP contribution in [0.3, 0.4) is 0 Å². The molecule has 0 saturated carbocycles. The van der Waals surface area contributed by atoms with Crippen molar-refractivity contribution in [3.63, 3.8) is 0 Å². The maximum atomic E-state index is 7.51. The lowest BCUT2D eigenvalue weighted by atomic mass is 10.0. The highest BCUT2D eigenvalue weighted by atomic mass is 14.0.